The number of nitrogens with zero attached hydrogens (tertiary/aromatic N) is 4. The molecule has 1 saturated heterocycles. The first kappa shape index (κ1) is 22.9. The lowest BCUT2D eigenvalue weighted by atomic mass is 9.94. The van der Waals surface area contributed by atoms with Gasteiger partial charge in [-0.3, -0.25) is 14.8 Å². The number of piperidine rings is 1. The summed E-state index contributed by atoms with van der Waals surface area (Å²) in [5, 5.41) is 14.1. The van der Waals surface area contributed by atoms with Gasteiger partial charge in [0.05, 0.1) is 30.0 Å². The van der Waals surface area contributed by atoms with Gasteiger partial charge in [-0.2, -0.15) is 18.3 Å². The molecule has 0 aliphatic carbocycles. The van der Waals surface area contributed by atoms with Crippen LogP contribution in [0.5, 0.6) is 5.75 Å². The maximum absolute atomic E-state index is 13.3. The number of pyridine rings is 1. The third kappa shape index (κ3) is 5.20. The van der Waals surface area contributed by atoms with Crippen LogP contribution in [0.25, 0.3) is 0 Å². The summed E-state index contributed by atoms with van der Waals surface area (Å²) >= 11 is 0. The molecule has 2 aliphatic rings. The van der Waals surface area contributed by atoms with Crippen LogP contribution >= 0.6 is 0 Å². The number of aliphatic carboxylic acids is 1. The van der Waals surface area contributed by atoms with Crippen molar-refractivity contribution in [1.29, 1.82) is 0 Å². The maximum atomic E-state index is 13.3. The summed E-state index contributed by atoms with van der Waals surface area (Å²) in [4.78, 5) is 17.6. The van der Waals surface area contributed by atoms with Crippen molar-refractivity contribution in [1.82, 2.24) is 4.98 Å². The molecule has 2 aromatic rings. The standard InChI is InChI=1S/C23H25F3N4O3/c1-15-20(13-21(31)32)30(28-22(15)23(24,25)26)16-4-6-18(7-5-16)33-19-8-11-29(12-9-19)17-3-2-10-27-14-17/h2-7,10,14-15,19-20H,8-9,11-13H2,1H3,(H,31,32)/t15-,20-/m0/s1. The molecule has 0 bridgehead atoms. The quantitative estimate of drug-likeness (QED) is 0.688. The number of hydrogen-bond donors (Lipinski definition) is 1. The molecular formula is C23H25F3N4O3. The number of carboxylic acid groups (broad SMARTS) is 1. The highest BCUT2D eigenvalue weighted by Gasteiger charge is 2.48. The summed E-state index contributed by atoms with van der Waals surface area (Å²) in [6.07, 6.45) is 0.219. The Hall–Kier alpha value is -3.30. The van der Waals surface area contributed by atoms with Crippen LogP contribution in [0, 0.1) is 5.92 Å². The number of carbonyl (C=O) groups is 1. The van der Waals surface area contributed by atoms with E-state index in [1.165, 1.54) is 6.92 Å². The van der Waals surface area contributed by atoms with Gasteiger partial charge in [-0.05, 0) is 36.4 Å². The summed E-state index contributed by atoms with van der Waals surface area (Å²) in [7, 11) is 0. The molecule has 0 saturated carbocycles. The molecule has 2 atom stereocenters. The number of aromatic nitrogens is 1. The van der Waals surface area contributed by atoms with Gasteiger partial charge in [0.25, 0.3) is 0 Å². The molecular weight excluding hydrogens is 437 g/mol. The lowest BCUT2D eigenvalue weighted by Gasteiger charge is -2.33. The summed E-state index contributed by atoms with van der Waals surface area (Å²) in [6.45, 7) is 3.03. The van der Waals surface area contributed by atoms with E-state index in [4.69, 9.17) is 4.74 Å². The molecule has 2 aliphatic heterocycles. The molecule has 1 aromatic heterocycles. The van der Waals surface area contributed by atoms with Crippen molar-refractivity contribution >= 4 is 23.1 Å². The van der Waals surface area contributed by atoms with Gasteiger partial charge in [0.15, 0.2) is 0 Å². The van der Waals surface area contributed by atoms with Crippen molar-refractivity contribution in [2.45, 2.75) is 44.5 Å². The minimum atomic E-state index is -4.61. The van der Waals surface area contributed by atoms with Gasteiger partial charge in [-0.1, -0.05) is 6.92 Å². The molecule has 0 radical (unpaired) electrons. The van der Waals surface area contributed by atoms with E-state index in [9.17, 15) is 23.1 Å². The first-order valence-electron chi connectivity index (χ1n) is 10.8. The van der Waals surface area contributed by atoms with Crippen LogP contribution in [-0.4, -0.2) is 53.2 Å². The largest absolute Gasteiger partial charge is 0.490 e. The lowest BCUT2D eigenvalue weighted by Crippen LogP contribution is -2.38. The van der Waals surface area contributed by atoms with Crippen molar-refractivity contribution < 1.29 is 27.8 Å². The monoisotopic (exact) mass is 462 g/mol. The third-order valence-corrected chi connectivity index (χ3v) is 6.07. The minimum absolute atomic E-state index is 0.0326. The van der Waals surface area contributed by atoms with Crippen LogP contribution < -0.4 is 14.6 Å². The Morgan fingerprint density at radius 2 is 1.85 bits per heavy atom. The molecule has 33 heavy (non-hydrogen) atoms. The molecule has 0 unspecified atom stereocenters. The third-order valence-electron chi connectivity index (χ3n) is 6.07. The Labute approximate surface area is 189 Å². The average Bonchev–Trinajstić information content (AvgIpc) is 3.11. The van der Waals surface area contributed by atoms with Crippen LogP contribution in [-0.2, 0) is 4.79 Å². The highest BCUT2D eigenvalue weighted by atomic mass is 19.4. The van der Waals surface area contributed by atoms with Crippen molar-refractivity contribution in [2.75, 3.05) is 23.0 Å². The highest BCUT2D eigenvalue weighted by molar-refractivity contribution is 5.95. The van der Waals surface area contributed by atoms with Gasteiger partial charge >= 0.3 is 12.1 Å². The van der Waals surface area contributed by atoms with Crippen LogP contribution in [0.1, 0.15) is 26.2 Å². The second-order valence-corrected chi connectivity index (χ2v) is 8.29. The van der Waals surface area contributed by atoms with E-state index in [0.29, 0.717) is 11.4 Å². The molecule has 10 heteroatoms. The van der Waals surface area contributed by atoms with Crippen molar-refractivity contribution in [3.63, 3.8) is 0 Å². The van der Waals surface area contributed by atoms with Gasteiger partial charge in [0, 0.05) is 38.0 Å². The number of alkyl halides is 3. The van der Waals surface area contributed by atoms with Crippen molar-refractivity contribution in [3.05, 3.63) is 48.8 Å². The number of rotatable bonds is 6. The van der Waals surface area contributed by atoms with Gasteiger partial charge in [0.1, 0.15) is 17.6 Å². The summed E-state index contributed by atoms with van der Waals surface area (Å²) in [5.74, 6) is -1.62. The number of hydrogen-bond acceptors (Lipinski definition) is 6. The SMILES string of the molecule is C[C@@H]1C(C(F)(F)F)=NN(c2ccc(OC3CCN(c4cccnc4)CC3)cc2)[C@H]1CC(=O)O. The van der Waals surface area contributed by atoms with Gasteiger partial charge < -0.3 is 14.7 Å². The lowest BCUT2D eigenvalue weighted by molar-refractivity contribution is -0.137. The average molecular weight is 462 g/mol. The number of benzene rings is 1. The number of ether oxygens (including phenoxy) is 1. The van der Waals surface area contributed by atoms with E-state index in [-0.39, 0.29) is 6.10 Å². The number of halogens is 3. The second kappa shape index (κ2) is 9.29. The zero-order chi connectivity index (χ0) is 23.6. The number of carboxylic acids is 1. The Morgan fingerprint density at radius 3 is 2.42 bits per heavy atom. The minimum Gasteiger partial charge on any atom is -0.490 e. The Morgan fingerprint density at radius 1 is 1.15 bits per heavy atom. The van der Waals surface area contributed by atoms with Crippen LogP contribution in [0.2, 0.25) is 0 Å². The van der Waals surface area contributed by atoms with E-state index in [0.717, 1.165) is 36.6 Å². The first-order valence-corrected chi connectivity index (χ1v) is 10.8. The van der Waals surface area contributed by atoms with Gasteiger partial charge in [-0.15, -0.1) is 0 Å². The topological polar surface area (TPSA) is 78.3 Å². The van der Waals surface area contributed by atoms with E-state index in [1.54, 1.807) is 30.5 Å². The summed E-state index contributed by atoms with van der Waals surface area (Å²) in [5.41, 5.74) is 0.510. The molecule has 3 heterocycles. The zero-order valence-electron chi connectivity index (χ0n) is 18.1. The van der Waals surface area contributed by atoms with Crippen LogP contribution in [0.15, 0.2) is 53.9 Å². The normalized spacial score (nSPS) is 21.8. The molecule has 0 spiro atoms. The molecule has 0 amide bonds. The smallest absolute Gasteiger partial charge is 0.431 e. The fraction of sp³-hybridized carbons (Fsp3) is 0.435. The Kier molecular flexibility index (Phi) is 6.44. The number of anilines is 2. The van der Waals surface area contributed by atoms with Gasteiger partial charge in [0.2, 0.25) is 0 Å². The Balaban J connectivity index is 1.41. The molecule has 1 N–H and O–H groups in total. The van der Waals surface area contributed by atoms with E-state index >= 15 is 0 Å². The van der Waals surface area contributed by atoms with E-state index < -0.39 is 36.2 Å². The zero-order valence-corrected chi connectivity index (χ0v) is 18.1. The Bertz CT molecular complexity index is 990. The number of hydrazone groups is 1. The summed E-state index contributed by atoms with van der Waals surface area (Å²) < 4.78 is 46.1. The predicted molar refractivity (Wildman–Crippen MR) is 118 cm³/mol. The van der Waals surface area contributed by atoms with E-state index in [1.807, 2.05) is 18.3 Å². The van der Waals surface area contributed by atoms with Gasteiger partial charge in [-0.25, -0.2) is 0 Å². The second-order valence-electron chi connectivity index (χ2n) is 8.29. The molecule has 1 aromatic carbocycles. The molecule has 1 fully saturated rings. The highest BCUT2D eigenvalue weighted by Crippen LogP contribution is 2.37. The molecule has 7 nitrogen and oxygen atoms in total. The first-order chi connectivity index (χ1) is 15.7. The fourth-order valence-corrected chi connectivity index (χ4v) is 4.32. The van der Waals surface area contributed by atoms with Crippen LogP contribution in [0.4, 0.5) is 24.5 Å². The molecule has 176 valence electrons. The van der Waals surface area contributed by atoms with Crippen molar-refractivity contribution in [2.24, 2.45) is 11.0 Å². The molecule has 4 rings (SSSR count). The van der Waals surface area contributed by atoms with Crippen LogP contribution in [0.3, 0.4) is 0 Å². The van der Waals surface area contributed by atoms with E-state index in [2.05, 4.69) is 15.0 Å². The predicted octanol–water partition coefficient (Wildman–Crippen LogP) is 4.35. The fourth-order valence-electron chi connectivity index (χ4n) is 4.32. The summed E-state index contributed by atoms with van der Waals surface area (Å²) in [6, 6.07) is 9.62. The van der Waals surface area contributed by atoms with Crippen molar-refractivity contribution in [3.8, 4) is 5.75 Å². The maximum Gasteiger partial charge on any atom is 0.431 e.